The van der Waals surface area contributed by atoms with Crippen molar-refractivity contribution in [3.05, 3.63) is 34.6 Å². The molecule has 2 aromatic rings. The van der Waals surface area contributed by atoms with Gasteiger partial charge in [0.1, 0.15) is 0 Å². The molecule has 0 spiro atoms. The van der Waals surface area contributed by atoms with Gasteiger partial charge in [0.2, 0.25) is 17.3 Å². The lowest BCUT2D eigenvalue weighted by molar-refractivity contribution is 0.491. The molecule has 2 aromatic heterocycles. The maximum Gasteiger partial charge on any atom is 0.248 e. The fourth-order valence-electron chi connectivity index (χ4n) is 1.88. The van der Waals surface area contributed by atoms with Crippen molar-refractivity contribution in [2.45, 2.75) is 31.7 Å². The molecule has 0 unspecified atom stereocenters. The van der Waals surface area contributed by atoms with Gasteiger partial charge in [0.05, 0.1) is 0 Å². The van der Waals surface area contributed by atoms with Crippen LogP contribution in [0.5, 0.6) is 0 Å². The Kier molecular flexibility index (Phi) is 3.41. The molecule has 0 aromatic carbocycles. The summed E-state index contributed by atoms with van der Waals surface area (Å²) in [5.74, 6) is 1.02. The second-order valence-electron chi connectivity index (χ2n) is 4.77. The number of hydrogen-bond acceptors (Lipinski definition) is 5. The van der Waals surface area contributed by atoms with Gasteiger partial charge in [0.25, 0.3) is 0 Å². The summed E-state index contributed by atoms with van der Waals surface area (Å²) in [7, 11) is 0. The van der Waals surface area contributed by atoms with Gasteiger partial charge in [0.15, 0.2) is 0 Å². The van der Waals surface area contributed by atoms with Crippen LogP contribution in [0.25, 0.3) is 11.5 Å². The molecule has 1 aliphatic rings. The summed E-state index contributed by atoms with van der Waals surface area (Å²) in [6.07, 6.45) is 5.91. The van der Waals surface area contributed by atoms with Crippen LogP contribution in [0, 0.1) is 0 Å². The fraction of sp³-hybridized carbons (Fsp3) is 0.462. The Bertz CT molecular complexity index is 600. The highest BCUT2D eigenvalue weighted by atomic mass is 16.4. The van der Waals surface area contributed by atoms with Gasteiger partial charge in [-0.2, -0.15) is 0 Å². The van der Waals surface area contributed by atoms with Gasteiger partial charge in [0, 0.05) is 30.3 Å². The Labute approximate surface area is 110 Å². The van der Waals surface area contributed by atoms with Crippen LogP contribution in [-0.4, -0.2) is 27.8 Å². The van der Waals surface area contributed by atoms with E-state index in [0.717, 1.165) is 25.4 Å². The van der Waals surface area contributed by atoms with E-state index in [-0.39, 0.29) is 5.56 Å². The van der Waals surface area contributed by atoms with Gasteiger partial charge in [-0.25, -0.2) is 0 Å². The second-order valence-corrected chi connectivity index (χ2v) is 4.77. The van der Waals surface area contributed by atoms with Gasteiger partial charge in [-0.15, -0.1) is 10.2 Å². The molecular weight excluding hydrogens is 244 g/mol. The number of aromatic amines is 1. The molecule has 1 saturated carbocycles. The topological polar surface area (TPSA) is 83.8 Å². The Morgan fingerprint density at radius 1 is 1.42 bits per heavy atom. The zero-order valence-corrected chi connectivity index (χ0v) is 10.6. The number of nitrogens with zero attached hydrogens (tertiary/aromatic N) is 2. The molecule has 2 N–H and O–H groups in total. The van der Waals surface area contributed by atoms with E-state index >= 15 is 0 Å². The molecule has 0 radical (unpaired) electrons. The van der Waals surface area contributed by atoms with E-state index in [4.69, 9.17) is 4.42 Å². The molecule has 3 rings (SSSR count). The normalized spacial score (nSPS) is 14.7. The van der Waals surface area contributed by atoms with E-state index in [0.29, 0.717) is 17.3 Å². The highest BCUT2D eigenvalue weighted by Gasteiger charge is 2.19. The average molecular weight is 260 g/mol. The van der Waals surface area contributed by atoms with Crippen molar-refractivity contribution in [2.75, 3.05) is 6.54 Å². The minimum atomic E-state index is -0.175. The van der Waals surface area contributed by atoms with E-state index < -0.39 is 0 Å². The van der Waals surface area contributed by atoms with Crippen LogP contribution in [0.3, 0.4) is 0 Å². The van der Waals surface area contributed by atoms with E-state index in [1.54, 1.807) is 12.3 Å². The third-order valence-electron chi connectivity index (χ3n) is 3.07. The molecule has 0 atom stereocenters. The Hall–Kier alpha value is -1.95. The van der Waals surface area contributed by atoms with Crippen molar-refractivity contribution in [3.8, 4) is 11.5 Å². The number of hydrogen-bond donors (Lipinski definition) is 2. The molecule has 100 valence electrons. The monoisotopic (exact) mass is 260 g/mol. The molecule has 6 heteroatoms. The number of H-pyrrole nitrogens is 1. The summed E-state index contributed by atoms with van der Waals surface area (Å²) in [5.41, 5.74) is 0.476. The van der Waals surface area contributed by atoms with Crippen LogP contribution in [0.4, 0.5) is 0 Å². The third kappa shape index (κ3) is 3.29. The van der Waals surface area contributed by atoms with Crippen LogP contribution in [-0.2, 0) is 6.42 Å². The molecule has 0 amide bonds. The first-order valence-corrected chi connectivity index (χ1v) is 6.56. The molecule has 1 fully saturated rings. The number of aryl methyl sites for hydroxylation is 1. The lowest BCUT2D eigenvalue weighted by Gasteiger charge is -1.99. The predicted molar refractivity (Wildman–Crippen MR) is 69.7 cm³/mol. The van der Waals surface area contributed by atoms with Crippen molar-refractivity contribution >= 4 is 0 Å². The smallest absolute Gasteiger partial charge is 0.248 e. The molecule has 0 saturated heterocycles. The summed E-state index contributed by atoms with van der Waals surface area (Å²) in [6, 6.07) is 3.92. The van der Waals surface area contributed by atoms with E-state index in [1.165, 1.54) is 18.9 Å². The summed E-state index contributed by atoms with van der Waals surface area (Å²) in [6.45, 7) is 0.980. The number of aromatic nitrogens is 3. The van der Waals surface area contributed by atoms with Gasteiger partial charge in [-0.05, 0) is 31.9 Å². The highest BCUT2D eigenvalue weighted by molar-refractivity contribution is 5.50. The van der Waals surface area contributed by atoms with Gasteiger partial charge < -0.3 is 14.7 Å². The standard InChI is InChI=1S/C13H16N4O2/c18-11-8-9(5-7-15-11)13-17-16-12(19-13)2-1-6-14-10-3-4-10/h5,7-8,10,14H,1-4,6H2,(H,15,18). The Balaban J connectivity index is 1.57. The van der Waals surface area contributed by atoms with Crippen LogP contribution < -0.4 is 10.9 Å². The lowest BCUT2D eigenvalue weighted by Crippen LogP contribution is -2.17. The van der Waals surface area contributed by atoms with Crippen molar-refractivity contribution in [2.24, 2.45) is 0 Å². The zero-order valence-electron chi connectivity index (χ0n) is 10.6. The van der Waals surface area contributed by atoms with Crippen LogP contribution in [0.1, 0.15) is 25.2 Å². The maximum absolute atomic E-state index is 11.2. The number of pyridine rings is 1. The van der Waals surface area contributed by atoms with Crippen LogP contribution in [0.15, 0.2) is 27.5 Å². The minimum Gasteiger partial charge on any atom is -0.421 e. The fourth-order valence-corrected chi connectivity index (χ4v) is 1.88. The Morgan fingerprint density at radius 2 is 2.32 bits per heavy atom. The predicted octanol–water partition coefficient (Wildman–Crippen LogP) is 1.11. The first-order valence-electron chi connectivity index (χ1n) is 6.56. The molecule has 2 heterocycles. The van der Waals surface area contributed by atoms with E-state index in [1.807, 2.05) is 0 Å². The van der Waals surface area contributed by atoms with Crippen molar-refractivity contribution in [1.29, 1.82) is 0 Å². The molecule has 0 aliphatic heterocycles. The molecule has 6 nitrogen and oxygen atoms in total. The van der Waals surface area contributed by atoms with Crippen molar-refractivity contribution < 1.29 is 4.42 Å². The number of rotatable bonds is 6. The quantitative estimate of drug-likeness (QED) is 0.760. The molecule has 1 aliphatic carbocycles. The van der Waals surface area contributed by atoms with Crippen LogP contribution >= 0.6 is 0 Å². The van der Waals surface area contributed by atoms with Crippen LogP contribution in [0.2, 0.25) is 0 Å². The molecular formula is C13H16N4O2. The Morgan fingerprint density at radius 3 is 3.11 bits per heavy atom. The number of nitrogens with one attached hydrogen (secondary N) is 2. The summed E-state index contributed by atoms with van der Waals surface area (Å²) < 4.78 is 5.54. The summed E-state index contributed by atoms with van der Waals surface area (Å²) in [4.78, 5) is 13.8. The van der Waals surface area contributed by atoms with Crippen molar-refractivity contribution in [3.63, 3.8) is 0 Å². The maximum atomic E-state index is 11.2. The van der Waals surface area contributed by atoms with Gasteiger partial charge in [-0.3, -0.25) is 4.79 Å². The molecule has 0 bridgehead atoms. The highest BCUT2D eigenvalue weighted by Crippen LogP contribution is 2.19. The average Bonchev–Trinajstić information content (AvgIpc) is 3.11. The second kappa shape index (κ2) is 5.36. The largest absolute Gasteiger partial charge is 0.421 e. The lowest BCUT2D eigenvalue weighted by atomic mass is 10.3. The van der Waals surface area contributed by atoms with Gasteiger partial charge in [-0.1, -0.05) is 0 Å². The van der Waals surface area contributed by atoms with Crippen molar-refractivity contribution in [1.82, 2.24) is 20.5 Å². The third-order valence-corrected chi connectivity index (χ3v) is 3.07. The van der Waals surface area contributed by atoms with E-state index in [2.05, 4.69) is 20.5 Å². The summed E-state index contributed by atoms with van der Waals surface area (Å²) >= 11 is 0. The SMILES string of the molecule is O=c1cc(-c2nnc(CCCNC3CC3)o2)cc[nH]1. The first kappa shape index (κ1) is 12.1. The van der Waals surface area contributed by atoms with E-state index in [9.17, 15) is 4.79 Å². The first-order chi connectivity index (χ1) is 9.31. The molecule has 19 heavy (non-hydrogen) atoms. The summed E-state index contributed by atoms with van der Waals surface area (Å²) in [5, 5.41) is 11.4. The zero-order chi connectivity index (χ0) is 13.1. The minimum absolute atomic E-state index is 0.175. The van der Waals surface area contributed by atoms with Gasteiger partial charge >= 0.3 is 0 Å².